The fourth-order valence-electron chi connectivity index (χ4n) is 0.849. The normalized spacial score (nSPS) is 9.47. The van der Waals surface area contributed by atoms with Gasteiger partial charge in [0.15, 0.2) is 0 Å². The molecule has 0 aliphatic heterocycles. The Morgan fingerprint density at radius 1 is 1.33 bits per heavy atom. The first-order valence-corrected chi connectivity index (χ1v) is 4.54. The molecule has 0 unspecified atom stereocenters. The van der Waals surface area contributed by atoms with Crippen LogP contribution in [0, 0.1) is 5.82 Å². The standard InChI is InChI=1S/C8H6BrFN2O3/c9-4-1-2-6(10)5(3-4)7(13)11-12-8(14)15/h1-3,12H,(H,11,13)(H,14,15). The fraction of sp³-hybridized carbons (Fsp3) is 0. The van der Waals surface area contributed by atoms with Crippen molar-refractivity contribution in [2.45, 2.75) is 0 Å². The predicted molar refractivity (Wildman–Crippen MR) is 52.7 cm³/mol. The number of hydrogen-bond acceptors (Lipinski definition) is 2. The van der Waals surface area contributed by atoms with Gasteiger partial charge in [-0.2, -0.15) is 0 Å². The molecule has 80 valence electrons. The molecule has 15 heavy (non-hydrogen) atoms. The number of benzene rings is 1. The SMILES string of the molecule is O=C(O)NNC(=O)c1cc(Br)ccc1F. The number of rotatable bonds is 1. The Morgan fingerprint density at radius 3 is 2.60 bits per heavy atom. The summed E-state index contributed by atoms with van der Waals surface area (Å²) in [5.41, 5.74) is 3.19. The van der Waals surface area contributed by atoms with Crippen LogP contribution in [-0.4, -0.2) is 17.1 Å². The molecule has 0 atom stereocenters. The van der Waals surface area contributed by atoms with Crippen LogP contribution in [0.5, 0.6) is 0 Å². The second-order valence-corrected chi connectivity index (χ2v) is 3.42. The van der Waals surface area contributed by atoms with Crippen LogP contribution in [0.25, 0.3) is 0 Å². The third kappa shape index (κ3) is 3.21. The molecular weight excluding hydrogens is 271 g/mol. The van der Waals surface area contributed by atoms with Crippen molar-refractivity contribution in [3.05, 3.63) is 34.1 Å². The van der Waals surface area contributed by atoms with E-state index in [1.54, 1.807) is 5.43 Å². The van der Waals surface area contributed by atoms with E-state index in [9.17, 15) is 14.0 Å². The smallest absolute Gasteiger partial charge is 0.423 e. The van der Waals surface area contributed by atoms with Crippen molar-refractivity contribution in [1.29, 1.82) is 0 Å². The van der Waals surface area contributed by atoms with Crippen LogP contribution in [-0.2, 0) is 0 Å². The van der Waals surface area contributed by atoms with Crippen molar-refractivity contribution in [3.63, 3.8) is 0 Å². The van der Waals surface area contributed by atoms with Gasteiger partial charge in [0.2, 0.25) is 0 Å². The van der Waals surface area contributed by atoms with E-state index in [-0.39, 0.29) is 5.56 Å². The summed E-state index contributed by atoms with van der Waals surface area (Å²) in [7, 11) is 0. The van der Waals surface area contributed by atoms with Gasteiger partial charge in [0.05, 0.1) is 5.56 Å². The lowest BCUT2D eigenvalue weighted by Gasteiger charge is -2.05. The van der Waals surface area contributed by atoms with E-state index < -0.39 is 17.8 Å². The summed E-state index contributed by atoms with van der Waals surface area (Å²) in [6.07, 6.45) is -1.43. The molecule has 1 rings (SSSR count). The molecule has 2 amide bonds. The zero-order valence-electron chi connectivity index (χ0n) is 7.25. The van der Waals surface area contributed by atoms with Crippen LogP contribution in [0.2, 0.25) is 0 Å². The maximum atomic E-state index is 13.1. The molecule has 0 radical (unpaired) electrons. The van der Waals surface area contributed by atoms with Crippen LogP contribution in [0.1, 0.15) is 10.4 Å². The number of carbonyl (C=O) groups is 2. The Morgan fingerprint density at radius 2 is 2.00 bits per heavy atom. The van der Waals surface area contributed by atoms with Gasteiger partial charge in [-0.15, -0.1) is 0 Å². The number of halogens is 2. The van der Waals surface area contributed by atoms with Gasteiger partial charge in [0.25, 0.3) is 5.91 Å². The second-order valence-electron chi connectivity index (χ2n) is 2.51. The van der Waals surface area contributed by atoms with Crippen LogP contribution < -0.4 is 10.9 Å². The maximum absolute atomic E-state index is 13.1. The molecule has 5 nitrogen and oxygen atoms in total. The van der Waals surface area contributed by atoms with Crippen molar-refractivity contribution in [3.8, 4) is 0 Å². The average molecular weight is 277 g/mol. The van der Waals surface area contributed by atoms with Gasteiger partial charge in [0, 0.05) is 4.47 Å². The summed E-state index contributed by atoms with van der Waals surface area (Å²) in [6, 6.07) is 3.77. The first-order chi connectivity index (χ1) is 7.00. The zero-order valence-corrected chi connectivity index (χ0v) is 8.84. The van der Waals surface area contributed by atoms with Gasteiger partial charge in [-0.1, -0.05) is 15.9 Å². The molecule has 0 aliphatic carbocycles. The van der Waals surface area contributed by atoms with Gasteiger partial charge < -0.3 is 5.11 Å². The highest BCUT2D eigenvalue weighted by Crippen LogP contribution is 2.15. The summed E-state index contributed by atoms with van der Waals surface area (Å²) in [5, 5.41) is 8.20. The number of nitrogens with one attached hydrogen (secondary N) is 2. The molecule has 0 saturated heterocycles. The van der Waals surface area contributed by atoms with E-state index >= 15 is 0 Å². The third-order valence-electron chi connectivity index (χ3n) is 1.46. The maximum Gasteiger partial charge on any atom is 0.423 e. The van der Waals surface area contributed by atoms with Gasteiger partial charge in [-0.25, -0.2) is 14.6 Å². The Hall–Kier alpha value is -1.63. The van der Waals surface area contributed by atoms with Gasteiger partial charge in [-0.3, -0.25) is 10.2 Å². The first kappa shape index (κ1) is 11.4. The van der Waals surface area contributed by atoms with Crippen molar-refractivity contribution in [2.24, 2.45) is 0 Å². The van der Waals surface area contributed by atoms with Crippen molar-refractivity contribution >= 4 is 27.9 Å². The molecule has 0 saturated carbocycles. The summed E-state index contributed by atoms with van der Waals surface area (Å²) in [5.74, 6) is -1.60. The van der Waals surface area contributed by atoms with E-state index in [2.05, 4.69) is 15.9 Å². The van der Waals surface area contributed by atoms with Crippen LogP contribution in [0.3, 0.4) is 0 Å². The van der Waals surface area contributed by atoms with Crippen LogP contribution in [0.4, 0.5) is 9.18 Å². The van der Waals surface area contributed by atoms with E-state index in [1.807, 2.05) is 5.43 Å². The van der Waals surface area contributed by atoms with E-state index in [4.69, 9.17) is 5.11 Å². The first-order valence-electron chi connectivity index (χ1n) is 3.75. The molecule has 0 heterocycles. The number of amides is 2. The molecule has 7 heteroatoms. The second kappa shape index (κ2) is 4.74. The molecule has 0 bridgehead atoms. The Bertz CT molecular complexity index is 411. The van der Waals surface area contributed by atoms with Crippen molar-refractivity contribution in [1.82, 2.24) is 10.9 Å². The summed E-state index contributed by atoms with van der Waals surface area (Å²) in [4.78, 5) is 21.3. The molecule has 0 spiro atoms. The zero-order chi connectivity index (χ0) is 11.4. The van der Waals surface area contributed by atoms with E-state index in [0.29, 0.717) is 4.47 Å². The minimum atomic E-state index is -1.43. The van der Waals surface area contributed by atoms with Crippen LogP contribution in [0.15, 0.2) is 22.7 Å². The quantitative estimate of drug-likeness (QED) is 0.681. The molecule has 3 N–H and O–H groups in total. The number of carbonyl (C=O) groups excluding carboxylic acids is 1. The van der Waals surface area contributed by atoms with Crippen molar-refractivity contribution in [2.75, 3.05) is 0 Å². The van der Waals surface area contributed by atoms with E-state index in [1.165, 1.54) is 12.1 Å². The number of hydrazine groups is 1. The Labute approximate surface area is 92.4 Å². The molecule has 1 aromatic carbocycles. The fourth-order valence-corrected chi connectivity index (χ4v) is 1.21. The monoisotopic (exact) mass is 276 g/mol. The molecule has 0 aromatic heterocycles. The Kier molecular flexibility index (Phi) is 3.62. The number of hydrogen-bond donors (Lipinski definition) is 3. The highest BCUT2D eigenvalue weighted by atomic mass is 79.9. The van der Waals surface area contributed by atoms with Gasteiger partial charge in [-0.05, 0) is 18.2 Å². The lowest BCUT2D eigenvalue weighted by atomic mass is 10.2. The Balaban J connectivity index is 2.81. The summed E-state index contributed by atoms with van der Waals surface area (Å²) in [6.45, 7) is 0. The average Bonchev–Trinajstić information content (AvgIpc) is 2.18. The molecule has 0 fully saturated rings. The summed E-state index contributed by atoms with van der Waals surface area (Å²) < 4.78 is 13.6. The number of carboxylic acid groups (broad SMARTS) is 1. The molecule has 0 aliphatic rings. The topological polar surface area (TPSA) is 78.4 Å². The largest absolute Gasteiger partial charge is 0.464 e. The summed E-state index contributed by atoms with van der Waals surface area (Å²) >= 11 is 3.06. The third-order valence-corrected chi connectivity index (χ3v) is 1.95. The van der Waals surface area contributed by atoms with E-state index in [0.717, 1.165) is 6.07 Å². The minimum absolute atomic E-state index is 0.252. The van der Waals surface area contributed by atoms with Crippen LogP contribution >= 0.6 is 15.9 Å². The molecule has 1 aromatic rings. The lowest BCUT2D eigenvalue weighted by molar-refractivity contribution is 0.0922. The predicted octanol–water partition coefficient (Wildman–Crippen LogP) is 1.50. The highest BCUT2D eigenvalue weighted by molar-refractivity contribution is 9.10. The van der Waals surface area contributed by atoms with Gasteiger partial charge >= 0.3 is 6.09 Å². The lowest BCUT2D eigenvalue weighted by Crippen LogP contribution is -2.41. The molecular formula is C8H6BrFN2O3. The highest BCUT2D eigenvalue weighted by Gasteiger charge is 2.12. The van der Waals surface area contributed by atoms with Crippen molar-refractivity contribution < 1.29 is 19.1 Å². The van der Waals surface area contributed by atoms with Gasteiger partial charge in [0.1, 0.15) is 5.82 Å². The minimum Gasteiger partial charge on any atom is -0.464 e.